The summed E-state index contributed by atoms with van der Waals surface area (Å²) in [6, 6.07) is 15.4. The maximum Gasteiger partial charge on any atom is 0.266 e. The number of methoxy groups -OCH3 is 1. The second-order valence-electron chi connectivity index (χ2n) is 4.73. The van der Waals surface area contributed by atoms with Gasteiger partial charge < -0.3 is 10.1 Å². The molecule has 1 N–H and O–H groups in total. The van der Waals surface area contributed by atoms with Crippen LogP contribution in [0.5, 0.6) is 5.75 Å². The van der Waals surface area contributed by atoms with Gasteiger partial charge in [-0.3, -0.25) is 4.79 Å². The van der Waals surface area contributed by atoms with E-state index in [0.717, 1.165) is 32.0 Å². The van der Waals surface area contributed by atoms with Gasteiger partial charge >= 0.3 is 0 Å². The molecular formula is C17H15NO2S. The van der Waals surface area contributed by atoms with Crippen LogP contribution in [0, 0.1) is 6.92 Å². The minimum Gasteiger partial charge on any atom is -0.497 e. The summed E-state index contributed by atoms with van der Waals surface area (Å²) in [5.74, 6) is 0.699. The molecule has 0 aliphatic heterocycles. The van der Waals surface area contributed by atoms with Crippen LogP contribution in [-0.2, 0) is 0 Å². The first kappa shape index (κ1) is 13.6. The smallest absolute Gasteiger partial charge is 0.266 e. The summed E-state index contributed by atoms with van der Waals surface area (Å²) in [5, 5.41) is 4.07. The summed E-state index contributed by atoms with van der Waals surface area (Å²) in [4.78, 5) is 13.2. The minimum atomic E-state index is -0.0705. The average molecular weight is 297 g/mol. The molecule has 1 heterocycles. The van der Waals surface area contributed by atoms with Crippen molar-refractivity contribution in [1.29, 1.82) is 0 Å². The Kier molecular flexibility index (Phi) is 3.62. The summed E-state index contributed by atoms with van der Waals surface area (Å²) >= 11 is 1.52. The fourth-order valence-corrected chi connectivity index (χ4v) is 3.36. The number of nitrogens with one attached hydrogen (secondary N) is 1. The summed E-state index contributed by atoms with van der Waals surface area (Å²) in [7, 11) is 1.62. The number of hydrogen-bond acceptors (Lipinski definition) is 3. The fraction of sp³-hybridized carbons (Fsp3) is 0.118. The molecule has 0 saturated carbocycles. The molecule has 0 unspecified atom stereocenters. The molecule has 4 heteroatoms. The maximum atomic E-state index is 12.4. The number of anilines is 1. The standard InChI is InChI=1S/C17H15NO2S/c1-11-14-5-3-4-6-15(14)21-16(11)17(19)18-12-7-9-13(20-2)10-8-12/h3-10H,1-2H3,(H,18,19). The van der Waals surface area contributed by atoms with E-state index in [0.29, 0.717) is 0 Å². The highest BCUT2D eigenvalue weighted by molar-refractivity contribution is 7.21. The Morgan fingerprint density at radius 3 is 2.48 bits per heavy atom. The molecule has 0 aliphatic rings. The van der Waals surface area contributed by atoms with Gasteiger partial charge in [-0.05, 0) is 48.2 Å². The Morgan fingerprint density at radius 1 is 1.10 bits per heavy atom. The summed E-state index contributed by atoms with van der Waals surface area (Å²) in [6.07, 6.45) is 0. The van der Waals surface area contributed by atoms with Gasteiger partial charge in [0.1, 0.15) is 5.75 Å². The zero-order chi connectivity index (χ0) is 14.8. The SMILES string of the molecule is COc1ccc(NC(=O)c2sc3ccccc3c2C)cc1. The van der Waals surface area contributed by atoms with Crippen molar-refractivity contribution in [2.45, 2.75) is 6.92 Å². The van der Waals surface area contributed by atoms with E-state index in [4.69, 9.17) is 4.74 Å². The van der Waals surface area contributed by atoms with Gasteiger partial charge in [-0.2, -0.15) is 0 Å². The van der Waals surface area contributed by atoms with Crippen LogP contribution in [0.2, 0.25) is 0 Å². The number of carbonyl (C=O) groups is 1. The highest BCUT2D eigenvalue weighted by Gasteiger charge is 2.15. The van der Waals surface area contributed by atoms with Gasteiger partial charge in [0.2, 0.25) is 0 Å². The topological polar surface area (TPSA) is 38.3 Å². The number of carbonyl (C=O) groups excluding carboxylic acids is 1. The maximum absolute atomic E-state index is 12.4. The molecule has 0 spiro atoms. The monoisotopic (exact) mass is 297 g/mol. The van der Waals surface area contributed by atoms with E-state index in [9.17, 15) is 4.79 Å². The van der Waals surface area contributed by atoms with Gasteiger partial charge in [-0.1, -0.05) is 18.2 Å². The van der Waals surface area contributed by atoms with Crippen molar-refractivity contribution in [2.75, 3.05) is 12.4 Å². The molecule has 0 atom stereocenters. The van der Waals surface area contributed by atoms with Crippen molar-refractivity contribution >= 4 is 33.0 Å². The number of hydrogen-bond donors (Lipinski definition) is 1. The Morgan fingerprint density at radius 2 is 1.81 bits per heavy atom. The van der Waals surface area contributed by atoms with Crippen LogP contribution in [0.15, 0.2) is 48.5 Å². The number of benzene rings is 2. The van der Waals surface area contributed by atoms with Crippen LogP contribution < -0.4 is 10.1 Å². The quantitative estimate of drug-likeness (QED) is 0.774. The van der Waals surface area contributed by atoms with Crippen LogP contribution in [0.25, 0.3) is 10.1 Å². The van der Waals surface area contributed by atoms with Gasteiger partial charge in [-0.15, -0.1) is 11.3 Å². The molecule has 1 amide bonds. The Bertz CT molecular complexity index is 790. The fourth-order valence-electron chi connectivity index (χ4n) is 2.25. The summed E-state index contributed by atoms with van der Waals surface area (Å²) < 4.78 is 6.24. The van der Waals surface area contributed by atoms with E-state index < -0.39 is 0 Å². The highest BCUT2D eigenvalue weighted by atomic mass is 32.1. The Hall–Kier alpha value is -2.33. The van der Waals surface area contributed by atoms with Crippen LogP contribution in [-0.4, -0.2) is 13.0 Å². The van der Waals surface area contributed by atoms with Gasteiger partial charge in [0.25, 0.3) is 5.91 Å². The second-order valence-corrected chi connectivity index (χ2v) is 5.79. The number of amides is 1. The van der Waals surface area contributed by atoms with Crippen molar-refractivity contribution < 1.29 is 9.53 Å². The lowest BCUT2D eigenvalue weighted by molar-refractivity contribution is 0.103. The zero-order valence-corrected chi connectivity index (χ0v) is 12.7. The van der Waals surface area contributed by atoms with Gasteiger partial charge in [-0.25, -0.2) is 0 Å². The van der Waals surface area contributed by atoms with Crippen LogP contribution in [0.3, 0.4) is 0 Å². The number of rotatable bonds is 3. The molecule has 0 bridgehead atoms. The first-order chi connectivity index (χ1) is 10.2. The molecule has 3 aromatic rings. The van der Waals surface area contributed by atoms with E-state index in [1.54, 1.807) is 7.11 Å². The summed E-state index contributed by atoms with van der Waals surface area (Å²) in [5.41, 5.74) is 1.79. The lowest BCUT2D eigenvalue weighted by Crippen LogP contribution is -2.11. The van der Waals surface area contributed by atoms with Crippen molar-refractivity contribution in [2.24, 2.45) is 0 Å². The van der Waals surface area contributed by atoms with Crippen LogP contribution in [0.4, 0.5) is 5.69 Å². The third kappa shape index (κ3) is 2.62. The van der Waals surface area contributed by atoms with E-state index in [2.05, 4.69) is 5.32 Å². The summed E-state index contributed by atoms with van der Waals surface area (Å²) in [6.45, 7) is 1.99. The molecule has 106 valence electrons. The molecule has 0 fully saturated rings. The molecule has 0 saturated heterocycles. The number of aryl methyl sites for hydroxylation is 1. The van der Waals surface area contributed by atoms with Crippen LogP contribution in [0.1, 0.15) is 15.2 Å². The first-order valence-electron chi connectivity index (χ1n) is 6.62. The normalized spacial score (nSPS) is 10.6. The largest absolute Gasteiger partial charge is 0.497 e. The predicted molar refractivity (Wildman–Crippen MR) is 87.5 cm³/mol. The lowest BCUT2D eigenvalue weighted by atomic mass is 10.1. The van der Waals surface area contributed by atoms with Gasteiger partial charge in [0.15, 0.2) is 0 Å². The van der Waals surface area contributed by atoms with E-state index in [-0.39, 0.29) is 5.91 Å². The molecule has 2 aromatic carbocycles. The highest BCUT2D eigenvalue weighted by Crippen LogP contribution is 2.31. The second kappa shape index (κ2) is 5.58. The van der Waals surface area contributed by atoms with Crippen molar-refractivity contribution in [3.8, 4) is 5.75 Å². The van der Waals surface area contributed by atoms with Crippen molar-refractivity contribution in [3.63, 3.8) is 0 Å². The minimum absolute atomic E-state index is 0.0705. The first-order valence-corrected chi connectivity index (χ1v) is 7.44. The molecular weight excluding hydrogens is 282 g/mol. The molecule has 21 heavy (non-hydrogen) atoms. The van der Waals surface area contributed by atoms with E-state index in [1.807, 2.05) is 55.5 Å². The number of ether oxygens (including phenoxy) is 1. The predicted octanol–water partition coefficient (Wildman–Crippen LogP) is 4.47. The third-order valence-corrected chi connectivity index (χ3v) is 4.67. The number of thiophene rings is 1. The van der Waals surface area contributed by atoms with E-state index in [1.165, 1.54) is 11.3 Å². The molecule has 3 nitrogen and oxygen atoms in total. The van der Waals surface area contributed by atoms with E-state index >= 15 is 0 Å². The van der Waals surface area contributed by atoms with Gasteiger partial charge in [0.05, 0.1) is 12.0 Å². The van der Waals surface area contributed by atoms with Crippen LogP contribution >= 0.6 is 11.3 Å². The number of fused-ring (bicyclic) bond motifs is 1. The Labute approximate surface area is 127 Å². The molecule has 1 aromatic heterocycles. The molecule has 0 radical (unpaired) electrons. The lowest BCUT2D eigenvalue weighted by Gasteiger charge is -2.05. The van der Waals surface area contributed by atoms with Gasteiger partial charge in [0, 0.05) is 10.4 Å². The van der Waals surface area contributed by atoms with Crippen molar-refractivity contribution in [3.05, 3.63) is 59.0 Å². The van der Waals surface area contributed by atoms with Crippen molar-refractivity contribution in [1.82, 2.24) is 0 Å². The Balaban J connectivity index is 1.87. The zero-order valence-electron chi connectivity index (χ0n) is 11.8. The molecule has 0 aliphatic carbocycles. The average Bonchev–Trinajstić information content (AvgIpc) is 2.86. The molecule has 3 rings (SSSR count). The third-order valence-electron chi connectivity index (χ3n) is 3.40.